The van der Waals surface area contributed by atoms with E-state index < -0.39 is 30.3 Å². The second-order valence-electron chi connectivity index (χ2n) is 10.7. The van der Waals surface area contributed by atoms with E-state index in [1.54, 1.807) is 0 Å². The molecule has 0 unspecified atom stereocenters. The number of amides is 1. The van der Waals surface area contributed by atoms with E-state index in [1.807, 2.05) is 18.2 Å². The molecule has 1 spiro atoms. The highest BCUT2D eigenvalue weighted by atomic mass is 35.5. The number of aliphatic hydroxyl groups excluding tert-OH is 1. The van der Waals surface area contributed by atoms with Crippen LogP contribution in [0.4, 0.5) is 13.2 Å². The topological polar surface area (TPSA) is 88.5 Å². The maximum atomic E-state index is 13.2. The van der Waals surface area contributed by atoms with Crippen molar-refractivity contribution in [1.82, 2.24) is 9.80 Å². The zero-order valence-corrected chi connectivity index (χ0v) is 23.5. The smallest absolute Gasteiger partial charge is 0.490 e. The summed E-state index contributed by atoms with van der Waals surface area (Å²) in [5.41, 5.74) is 0.952. The van der Waals surface area contributed by atoms with Crippen molar-refractivity contribution in [2.75, 3.05) is 39.3 Å². The molecule has 3 aliphatic rings. The molecule has 0 bridgehead atoms. The van der Waals surface area contributed by atoms with Crippen LogP contribution in [0.2, 0.25) is 10.0 Å². The Hall–Kier alpha value is -2.73. The van der Waals surface area contributed by atoms with Crippen LogP contribution in [-0.2, 0) is 16.0 Å². The molecular weight excluding hydrogens is 588 g/mol. The van der Waals surface area contributed by atoms with Crippen molar-refractivity contribution < 1.29 is 42.1 Å². The minimum absolute atomic E-state index is 0.0744. The van der Waals surface area contributed by atoms with Crippen LogP contribution in [-0.4, -0.2) is 90.1 Å². The van der Waals surface area contributed by atoms with Crippen molar-refractivity contribution in [1.29, 1.82) is 0 Å². The number of alkyl halides is 3. The zero-order chi connectivity index (χ0) is 29.4. The van der Waals surface area contributed by atoms with E-state index in [1.165, 1.54) is 23.1 Å². The van der Waals surface area contributed by atoms with Gasteiger partial charge in [0.2, 0.25) is 0 Å². The van der Waals surface area contributed by atoms with Crippen LogP contribution in [0.1, 0.15) is 35.2 Å². The standard InChI is InChI=1S/C28H29Cl2F3N2O6/c29-18-1-3-23-17(11-18)13-27(41-23)6-9-34(10-7-27)14-20(36)16-39-24-4-2-19(30)12-22(24)25(37)35-8-5-21(15-35)40-26(38)28(31,32)33/h1-4,11-12,20-21,36H,5-10,13-16H2/t20-,21-/m0/s1. The summed E-state index contributed by atoms with van der Waals surface area (Å²) in [4.78, 5) is 27.7. The summed E-state index contributed by atoms with van der Waals surface area (Å²) < 4.78 is 54.2. The molecule has 1 amide bonds. The van der Waals surface area contributed by atoms with Crippen molar-refractivity contribution in [3.05, 3.63) is 57.6 Å². The van der Waals surface area contributed by atoms with Gasteiger partial charge in [-0.3, -0.25) is 4.79 Å². The first-order valence-electron chi connectivity index (χ1n) is 13.3. The predicted octanol–water partition coefficient (Wildman–Crippen LogP) is 4.52. The van der Waals surface area contributed by atoms with Gasteiger partial charge in [-0.05, 0) is 42.0 Å². The average Bonchev–Trinajstić information content (AvgIpc) is 3.52. The number of rotatable bonds is 7. The van der Waals surface area contributed by atoms with Gasteiger partial charge < -0.3 is 29.1 Å². The minimum Gasteiger partial charge on any atom is -0.490 e. The van der Waals surface area contributed by atoms with Crippen molar-refractivity contribution in [2.45, 2.75) is 49.7 Å². The molecule has 0 aliphatic carbocycles. The fourth-order valence-electron chi connectivity index (χ4n) is 5.55. The maximum absolute atomic E-state index is 13.2. The second-order valence-corrected chi connectivity index (χ2v) is 11.6. The molecule has 0 aromatic heterocycles. The van der Waals surface area contributed by atoms with Crippen LogP contribution in [0.15, 0.2) is 36.4 Å². The molecule has 2 aromatic rings. The molecule has 1 N–H and O–H groups in total. The van der Waals surface area contributed by atoms with Crippen LogP contribution in [0.5, 0.6) is 11.5 Å². The third-order valence-electron chi connectivity index (χ3n) is 7.64. The van der Waals surface area contributed by atoms with E-state index in [-0.39, 0.29) is 48.1 Å². The number of carbonyl (C=O) groups excluding carboxylic acids is 2. The number of ether oxygens (including phenoxy) is 3. The first kappa shape index (κ1) is 29.8. The number of fused-ring (bicyclic) bond motifs is 1. The minimum atomic E-state index is -5.10. The Kier molecular flexibility index (Phi) is 8.61. The van der Waals surface area contributed by atoms with E-state index in [9.17, 15) is 27.9 Å². The first-order valence-corrected chi connectivity index (χ1v) is 14.0. The van der Waals surface area contributed by atoms with Gasteiger partial charge in [-0.2, -0.15) is 13.2 Å². The average molecular weight is 617 g/mol. The fourth-order valence-corrected chi connectivity index (χ4v) is 5.92. The van der Waals surface area contributed by atoms with Gasteiger partial charge in [-0.15, -0.1) is 0 Å². The van der Waals surface area contributed by atoms with Gasteiger partial charge in [-0.1, -0.05) is 23.2 Å². The third-order valence-corrected chi connectivity index (χ3v) is 8.11. The van der Waals surface area contributed by atoms with Crippen LogP contribution < -0.4 is 9.47 Å². The first-order chi connectivity index (χ1) is 19.4. The highest BCUT2D eigenvalue weighted by Gasteiger charge is 2.44. The normalized spacial score (nSPS) is 20.9. The largest absolute Gasteiger partial charge is 0.490 e. The van der Waals surface area contributed by atoms with Gasteiger partial charge in [0.05, 0.1) is 12.1 Å². The molecule has 5 rings (SSSR count). The lowest BCUT2D eigenvalue weighted by atomic mass is 9.87. The van der Waals surface area contributed by atoms with Crippen molar-refractivity contribution in [3.8, 4) is 11.5 Å². The van der Waals surface area contributed by atoms with E-state index in [0.717, 1.165) is 43.7 Å². The summed E-state index contributed by atoms with van der Waals surface area (Å²) in [6, 6.07) is 10.1. The molecule has 222 valence electrons. The molecular formula is C28H29Cl2F3N2O6. The fraction of sp³-hybridized carbons (Fsp3) is 0.500. The summed E-state index contributed by atoms with van der Waals surface area (Å²) >= 11 is 12.2. The molecule has 0 saturated carbocycles. The summed E-state index contributed by atoms with van der Waals surface area (Å²) in [5.74, 6) is -1.76. The van der Waals surface area contributed by atoms with Gasteiger partial charge in [-0.25, -0.2) is 4.79 Å². The number of carbonyl (C=O) groups is 2. The molecule has 2 atom stereocenters. The number of likely N-dealkylation sites (tertiary alicyclic amines) is 2. The number of hydrogen-bond donors (Lipinski definition) is 1. The molecule has 2 fully saturated rings. The molecule has 3 heterocycles. The zero-order valence-electron chi connectivity index (χ0n) is 22.0. The predicted molar refractivity (Wildman–Crippen MR) is 144 cm³/mol. The molecule has 41 heavy (non-hydrogen) atoms. The quantitative estimate of drug-likeness (QED) is 0.458. The number of nitrogens with zero attached hydrogens (tertiary/aromatic N) is 2. The van der Waals surface area contributed by atoms with E-state index in [0.29, 0.717) is 11.6 Å². The van der Waals surface area contributed by atoms with Crippen molar-refractivity contribution >= 4 is 35.1 Å². The molecule has 0 radical (unpaired) electrons. The summed E-state index contributed by atoms with van der Waals surface area (Å²) in [7, 11) is 0. The molecule has 2 aromatic carbocycles. The Bertz CT molecular complexity index is 1300. The molecule has 13 heteroatoms. The highest BCUT2D eigenvalue weighted by molar-refractivity contribution is 6.31. The number of esters is 1. The summed E-state index contributed by atoms with van der Waals surface area (Å²) in [6.07, 6.45) is -4.53. The van der Waals surface area contributed by atoms with Gasteiger partial charge in [0.15, 0.2) is 0 Å². The number of benzene rings is 2. The van der Waals surface area contributed by atoms with Crippen LogP contribution in [0, 0.1) is 0 Å². The maximum Gasteiger partial charge on any atom is 0.490 e. The lowest BCUT2D eigenvalue weighted by Crippen LogP contribution is -2.49. The Morgan fingerprint density at radius 3 is 2.54 bits per heavy atom. The van der Waals surface area contributed by atoms with Gasteiger partial charge in [0, 0.05) is 61.9 Å². The van der Waals surface area contributed by atoms with Gasteiger partial charge in [0.25, 0.3) is 5.91 Å². The van der Waals surface area contributed by atoms with Gasteiger partial charge in [0.1, 0.15) is 35.9 Å². The molecule has 2 saturated heterocycles. The third kappa shape index (κ3) is 7.02. The lowest BCUT2D eigenvalue weighted by molar-refractivity contribution is -0.204. The Labute approximate surface area is 244 Å². The number of piperidine rings is 1. The number of halogens is 5. The summed E-state index contributed by atoms with van der Waals surface area (Å²) in [6.45, 7) is 1.66. The van der Waals surface area contributed by atoms with Crippen LogP contribution in [0.25, 0.3) is 0 Å². The molecule has 8 nitrogen and oxygen atoms in total. The SMILES string of the molecule is O=C(c1cc(Cl)ccc1OC[C@@H](O)CN1CCC2(CC1)Cc1cc(Cl)ccc1O2)N1CC[C@H](OC(=O)C(F)(F)F)C1. The number of β-amino-alcohol motifs (C(OH)–C–C–N with tert-alkyl or cyclic N) is 1. The Morgan fingerprint density at radius 1 is 1.10 bits per heavy atom. The monoisotopic (exact) mass is 616 g/mol. The van der Waals surface area contributed by atoms with E-state index >= 15 is 0 Å². The van der Waals surface area contributed by atoms with Crippen molar-refractivity contribution in [2.24, 2.45) is 0 Å². The van der Waals surface area contributed by atoms with Crippen LogP contribution >= 0.6 is 23.2 Å². The van der Waals surface area contributed by atoms with Gasteiger partial charge >= 0.3 is 12.1 Å². The van der Waals surface area contributed by atoms with Crippen LogP contribution in [0.3, 0.4) is 0 Å². The van der Waals surface area contributed by atoms with Crippen molar-refractivity contribution in [3.63, 3.8) is 0 Å². The highest BCUT2D eigenvalue weighted by Crippen LogP contribution is 2.42. The van der Waals surface area contributed by atoms with E-state index in [4.69, 9.17) is 32.7 Å². The lowest BCUT2D eigenvalue weighted by Gasteiger charge is -2.39. The Balaban J connectivity index is 1.12. The van der Waals surface area contributed by atoms with E-state index in [2.05, 4.69) is 9.64 Å². The summed E-state index contributed by atoms with van der Waals surface area (Å²) in [5, 5.41) is 11.6. The number of aliphatic hydroxyl groups is 1. The number of hydrogen-bond acceptors (Lipinski definition) is 7. The molecule has 3 aliphatic heterocycles. The Morgan fingerprint density at radius 2 is 1.80 bits per heavy atom. The second kappa shape index (κ2) is 11.9.